The van der Waals surface area contributed by atoms with Crippen LogP contribution in [0.5, 0.6) is 0 Å². The van der Waals surface area contributed by atoms with Crippen LogP contribution in [0.2, 0.25) is 0 Å². The minimum atomic E-state index is -0.115. The monoisotopic (exact) mass is 236 g/mol. The van der Waals surface area contributed by atoms with Crippen molar-refractivity contribution < 1.29 is 4.79 Å². The van der Waals surface area contributed by atoms with Gasteiger partial charge in [0.15, 0.2) is 0 Å². The van der Waals surface area contributed by atoms with Gasteiger partial charge in [0.25, 0.3) is 5.56 Å². The average Bonchev–Trinajstić information content (AvgIpc) is 2.32. The molecule has 1 aliphatic heterocycles. The predicted molar refractivity (Wildman–Crippen MR) is 64.1 cm³/mol. The first-order chi connectivity index (χ1) is 8.18. The smallest absolute Gasteiger partial charge is 0.269 e. The van der Waals surface area contributed by atoms with Gasteiger partial charge in [0, 0.05) is 32.0 Å². The lowest BCUT2D eigenvalue weighted by Crippen LogP contribution is -2.27. The first kappa shape index (κ1) is 11.6. The lowest BCUT2D eigenvalue weighted by Gasteiger charge is -2.19. The fourth-order valence-corrected chi connectivity index (χ4v) is 1.99. The molecule has 0 fully saturated rings. The number of nitrogens with one attached hydrogen (secondary N) is 3. The summed E-state index contributed by atoms with van der Waals surface area (Å²) in [6, 6.07) is 0. The molecule has 6 heteroatoms. The zero-order chi connectivity index (χ0) is 12.3. The fraction of sp³-hybridized carbons (Fsp3) is 0.545. The first-order valence-electron chi connectivity index (χ1n) is 5.77. The SMILES string of the molecule is CC(=O)NCCc1n[nH]c(=O)c2c1NCCC2. The van der Waals surface area contributed by atoms with E-state index in [1.54, 1.807) is 0 Å². The Bertz CT molecular complexity index is 481. The molecule has 0 aliphatic carbocycles. The van der Waals surface area contributed by atoms with Gasteiger partial charge in [-0.25, -0.2) is 5.10 Å². The molecule has 0 radical (unpaired) electrons. The van der Waals surface area contributed by atoms with Crippen molar-refractivity contribution >= 4 is 11.6 Å². The van der Waals surface area contributed by atoms with Gasteiger partial charge in [0.05, 0.1) is 11.4 Å². The van der Waals surface area contributed by atoms with E-state index in [9.17, 15) is 9.59 Å². The summed E-state index contributed by atoms with van der Waals surface area (Å²) in [7, 11) is 0. The molecule has 0 saturated carbocycles. The van der Waals surface area contributed by atoms with Crippen molar-refractivity contribution in [2.24, 2.45) is 0 Å². The van der Waals surface area contributed by atoms with Crippen LogP contribution in [0.15, 0.2) is 4.79 Å². The molecule has 2 rings (SSSR count). The summed E-state index contributed by atoms with van der Waals surface area (Å²) in [5.41, 5.74) is 2.33. The molecule has 0 aromatic carbocycles. The average molecular weight is 236 g/mol. The molecular weight excluding hydrogens is 220 g/mol. The van der Waals surface area contributed by atoms with E-state index in [0.29, 0.717) is 13.0 Å². The first-order valence-corrected chi connectivity index (χ1v) is 5.77. The molecule has 2 heterocycles. The summed E-state index contributed by atoms with van der Waals surface area (Å²) in [5, 5.41) is 12.5. The van der Waals surface area contributed by atoms with Gasteiger partial charge in [0.2, 0.25) is 5.91 Å². The Morgan fingerprint density at radius 3 is 3.12 bits per heavy atom. The standard InChI is InChI=1S/C11H16N4O2/c1-7(16)12-6-4-9-10-8(3-2-5-13-10)11(17)15-14-9/h13H,2-6H2,1H3,(H,12,16)(H,15,17). The van der Waals surface area contributed by atoms with Crippen molar-refractivity contribution in [1.82, 2.24) is 15.5 Å². The quantitative estimate of drug-likeness (QED) is 0.678. The van der Waals surface area contributed by atoms with Crippen LogP contribution in [0.1, 0.15) is 24.6 Å². The lowest BCUT2D eigenvalue weighted by atomic mass is 10.0. The minimum absolute atomic E-state index is 0.0590. The van der Waals surface area contributed by atoms with Gasteiger partial charge in [-0.2, -0.15) is 5.10 Å². The second kappa shape index (κ2) is 4.99. The Labute approximate surface area is 98.8 Å². The van der Waals surface area contributed by atoms with Gasteiger partial charge in [-0.1, -0.05) is 0 Å². The van der Waals surface area contributed by atoms with E-state index in [2.05, 4.69) is 20.8 Å². The second-order valence-corrected chi connectivity index (χ2v) is 4.12. The summed E-state index contributed by atoms with van der Waals surface area (Å²) in [6.07, 6.45) is 2.37. The number of nitrogens with zero attached hydrogens (tertiary/aromatic N) is 1. The molecule has 1 aliphatic rings. The van der Waals surface area contributed by atoms with Crippen LogP contribution < -0.4 is 16.2 Å². The number of aromatic amines is 1. The molecule has 17 heavy (non-hydrogen) atoms. The molecular formula is C11H16N4O2. The Hall–Kier alpha value is -1.85. The summed E-state index contributed by atoms with van der Waals surface area (Å²) >= 11 is 0. The highest BCUT2D eigenvalue weighted by molar-refractivity contribution is 5.72. The molecule has 6 nitrogen and oxygen atoms in total. The maximum absolute atomic E-state index is 11.6. The van der Waals surface area contributed by atoms with Crippen molar-refractivity contribution in [2.75, 3.05) is 18.4 Å². The van der Waals surface area contributed by atoms with Crippen LogP contribution in [0, 0.1) is 0 Å². The van der Waals surface area contributed by atoms with Crippen molar-refractivity contribution in [3.05, 3.63) is 21.6 Å². The van der Waals surface area contributed by atoms with Crippen molar-refractivity contribution in [2.45, 2.75) is 26.2 Å². The largest absolute Gasteiger partial charge is 0.383 e. The van der Waals surface area contributed by atoms with E-state index < -0.39 is 0 Å². The van der Waals surface area contributed by atoms with Gasteiger partial charge in [-0.15, -0.1) is 0 Å². The highest BCUT2D eigenvalue weighted by Gasteiger charge is 2.16. The number of hydrogen-bond donors (Lipinski definition) is 3. The normalized spacial score (nSPS) is 13.7. The van der Waals surface area contributed by atoms with Crippen LogP contribution >= 0.6 is 0 Å². The topological polar surface area (TPSA) is 86.9 Å². The number of anilines is 1. The predicted octanol–water partition coefficient (Wildman–Crippen LogP) is -0.193. The Balaban J connectivity index is 2.17. The third-order valence-corrected chi connectivity index (χ3v) is 2.80. The zero-order valence-corrected chi connectivity index (χ0v) is 9.80. The molecule has 0 spiro atoms. The molecule has 1 amide bonds. The Morgan fingerprint density at radius 2 is 2.35 bits per heavy atom. The Kier molecular flexibility index (Phi) is 3.41. The summed E-state index contributed by atoms with van der Waals surface area (Å²) in [6.45, 7) is 2.88. The van der Waals surface area contributed by atoms with Crippen molar-refractivity contribution in [1.29, 1.82) is 0 Å². The summed E-state index contributed by atoms with van der Waals surface area (Å²) in [5.74, 6) is -0.0590. The fourth-order valence-electron chi connectivity index (χ4n) is 1.99. The number of carbonyl (C=O) groups excluding carboxylic acids is 1. The van der Waals surface area contributed by atoms with Crippen molar-refractivity contribution in [3.63, 3.8) is 0 Å². The van der Waals surface area contributed by atoms with E-state index in [-0.39, 0.29) is 11.5 Å². The number of carbonyl (C=O) groups is 1. The van der Waals surface area contributed by atoms with Gasteiger partial charge in [0.1, 0.15) is 0 Å². The molecule has 0 bridgehead atoms. The molecule has 0 unspecified atom stereocenters. The molecule has 92 valence electrons. The number of rotatable bonds is 3. The second-order valence-electron chi connectivity index (χ2n) is 4.12. The van der Waals surface area contributed by atoms with Crippen LogP contribution in [0.3, 0.4) is 0 Å². The number of fused-ring (bicyclic) bond motifs is 1. The number of aromatic nitrogens is 2. The highest BCUT2D eigenvalue weighted by Crippen LogP contribution is 2.20. The minimum Gasteiger partial charge on any atom is -0.383 e. The summed E-state index contributed by atoms with van der Waals surface area (Å²) in [4.78, 5) is 22.3. The number of H-pyrrole nitrogens is 1. The van der Waals surface area contributed by atoms with Crippen LogP contribution in [-0.2, 0) is 17.6 Å². The highest BCUT2D eigenvalue weighted by atomic mass is 16.1. The number of amides is 1. The van der Waals surface area contributed by atoms with Gasteiger partial charge >= 0.3 is 0 Å². The zero-order valence-electron chi connectivity index (χ0n) is 9.80. The third-order valence-electron chi connectivity index (χ3n) is 2.80. The van der Waals surface area contributed by atoms with Gasteiger partial charge in [-0.3, -0.25) is 9.59 Å². The van der Waals surface area contributed by atoms with E-state index in [4.69, 9.17) is 0 Å². The summed E-state index contributed by atoms with van der Waals surface area (Å²) < 4.78 is 0. The third kappa shape index (κ3) is 2.64. The molecule has 0 saturated heterocycles. The van der Waals surface area contributed by atoms with Gasteiger partial charge < -0.3 is 10.6 Å². The van der Waals surface area contributed by atoms with E-state index in [1.165, 1.54) is 6.92 Å². The maximum atomic E-state index is 11.6. The molecule has 1 aromatic rings. The molecule has 1 aromatic heterocycles. The van der Waals surface area contributed by atoms with E-state index in [1.807, 2.05) is 0 Å². The maximum Gasteiger partial charge on any atom is 0.269 e. The van der Waals surface area contributed by atoms with Gasteiger partial charge in [-0.05, 0) is 12.8 Å². The van der Waals surface area contributed by atoms with Crippen LogP contribution in [0.4, 0.5) is 5.69 Å². The van der Waals surface area contributed by atoms with Crippen LogP contribution in [0.25, 0.3) is 0 Å². The van der Waals surface area contributed by atoms with E-state index >= 15 is 0 Å². The van der Waals surface area contributed by atoms with Crippen molar-refractivity contribution in [3.8, 4) is 0 Å². The van der Waals surface area contributed by atoms with Crippen LogP contribution in [-0.4, -0.2) is 29.2 Å². The number of hydrogen-bond acceptors (Lipinski definition) is 4. The van der Waals surface area contributed by atoms with E-state index in [0.717, 1.165) is 36.3 Å². The lowest BCUT2D eigenvalue weighted by molar-refractivity contribution is -0.118. The Morgan fingerprint density at radius 1 is 1.53 bits per heavy atom. The molecule has 3 N–H and O–H groups in total. The molecule has 0 atom stereocenters.